The van der Waals surface area contributed by atoms with Crippen LogP contribution in [-0.4, -0.2) is 38.0 Å². The summed E-state index contributed by atoms with van der Waals surface area (Å²) < 4.78 is 12.2. The Morgan fingerprint density at radius 1 is 1.30 bits per heavy atom. The number of ether oxygens (including phenoxy) is 2. The van der Waals surface area contributed by atoms with E-state index in [1.807, 2.05) is 24.6 Å². The highest BCUT2D eigenvalue weighted by Crippen LogP contribution is 2.12. The van der Waals surface area contributed by atoms with Crippen LogP contribution in [0.3, 0.4) is 0 Å². The van der Waals surface area contributed by atoms with Crippen molar-refractivity contribution in [3.8, 4) is 6.07 Å². The molecule has 0 aliphatic carbocycles. The van der Waals surface area contributed by atoms with Gasteiger partial charge in [0.15, 0.2) is 0 Å². The Kier molecular flexibility index (Phi) is 7.97. The van der Waals surface area contributed by atoms with Crippen molar-refractivity contribution in [2.45, 2.75) is 26.3 Å². The van der Waals surface area contributed by atoms with Gasteiger partial charge >= 0.3 is 0 Å². The molecule has 0 bridgehead atoms. The summed E-state index contributed by atoms with van der Waals surface area (Å²) in [6, 6.07) is 4.15. The molecule has 1 rings (SSSR count). The molecule has 0 saturated heterocycles. The molecule has 0 spiro atoms. The SMILES string of the molecule is COCCOCCCCNCc1cc(C#N)n(C)c1C. The van der Waals surface area contributed by atoms with Gasteiger partial charge in [-0.15, -0.1) is 0 Å². The monoisotopic (exact) mass is 279 g/mol. The van der Waals surface area contributed by atoms with E-state index in [9.17, 15) is 0 Å². The van der Waals surface area contributed by atoms with Gasteiger partial charge in [-0.2, -0.15) is 5.26 Å². The van der Waals surface area contributed by atoms with Crippen LogP contribution in [0, 0.1) is 18.3 Å². The minimum atomic E-state index is 0.659. The molecular formula is C15H25N3O2. The molecule has 1 N–H and O–H groups in total. The lowest BCUT2D eigenvalue weighted by Gasteiger charge is -2.06. The zero-order valence-corrected chi connectivity index (χ0v) is 12.7. The van der Waals surface area contributed by atoms with Crippen molar-refractivity contribution in [3.05, 3.63) is 23.0 Å². The third-order valence-corrected chi connectivity index (χ3v) is 3.39. The van der Waals surface area contributed by atoms with E-state index in [2.05, 4.69) is 11.4 Å². The minimum Gasteiger partial charge on any atom is -0.382 e. The summed E-state index contributed by atoms with van der Waals surface area (Å²) in [5, 5.41) is 12.4. The topological polar surface area (TPSA) is 59.2 Å². The number of methoxy groups -OCH3 is 1. The van der Waals surface area contributed by atoms with Crippen molar-refractivity contribution in [1.82, 2.24) is 9.88 Å². The van der Waals surface area contributed by atoms with Crippen molar-refractivity contribution < 1.29 is 9.47 Å². The highest BCUT2D eigenvalue weighted by Gasteiger charge is 2.07. The van der Waals surface area contributed by atoms with Gasteiger partial charge in [-0.1, -0.05) is 0 Å². The third kappa shape index (κ3) is 5.33. The normalized spacial score (nSPS) is 10.7. The largest absolute Gasteiger partial charge is 0.382 e. The predicted molar refractivity (Wildman–Crippen MR) is 78.5 cm³/mol. The number of nitrogens with one attached hydrogen (secondary N) is 1. The van der Waals surface area contributed by atoms with E-state index in [4.69, 9.17) is 14.7 Å². The van der Waals surface area contributed by atoms with Crippen LogP contribution in [0.25, 0.3) is 0 Å². The minimum absolute atomic E-state index is 0.659. The van der Waals surface area contributed by atoms with Crippen molar-refractivity contribution in [3.63, 3.8) is 0 Å². The lowest BCUT2D eigenvalue weighted by molar-refractivity contribution is 0.0688. The standard InChI is InChI=1S/C15H25N3O2/c1-13-14(10-15(11-16)18(13)2)12-17-6-4-5-7-20-9-8-19-3/h10,17H,4-9,12H2,1-3H3. The van der Waals surface area contributed by atoms with Crippen LogP contribution in [0.15, 0.2) is 6.07 Å². The molecular weight excluding hydrogens is 254 g/mol. The fraction of sp³-hybridized carbons (Fsp3) is 0.667. The summed E-state index contributed by atoms with van der Waals surface area (Å²) in [4.78, 5) is 0. The van der Waals surface area contributed by atoms with Crippen LogP contribution in [0.5, 0.6) is 0 Å². The van der Waals surface area contributed by atoms with E-state index in [-0.39, 0.29) is 0 Å². The molecule has 0 radical (unpaired) electrons. The summed E-state index contributed by atoms with van der Waals surface area (Å²) in [6.45, 7) is 5.93. The Morgan fingerprint density at radius 3 is 2.75 bits per heavy atom. The molecule has 0 aliphatic rings. The zero-order chi connectivity index (χ0) is 14.8. The lowest BCUT2D eigenvalue weighted by atomic mass is 10.2. The molecule has 0 amide bonds. The van der Waals surface area contributed by atoms with Crippen molar-refractivity contribution in [1.29, 1.82) is 5.26 Å². The summed E-state index contributed by atoms with van der Waals surface area (Å²) in [6.07, 6.45) is 2.14. The Bertz CT molecular complexity index is 435. The summed E-state index contributed by atoms with van der Waals surface area (Å²) in [7, 11) is 3.60. The molecule has 5 nitrogen and oxygen atoms in total. The lowest BCUT2D eigenvalue weighted by Crippen LogP contribution is -2.16. The molecule has 0 aromatic carbocycles. The van der Waals surface area contributed by atoms with E-state index in [1.54, 1.807) is 7.11 Å². The maximum Gasteiger partial charge on any atom is 0.120 e. The van der Waals surface area contributed by atoms with Crippen LogP contribution in [0.1, 0.15) is 29.8 Å². The number of rotatable bonds is 10. The number of unbranched alkanes of at least 4 members (excludes halogenated alkanes) is 1. The molecule has 0 aliphatic heterocycles. The zero-order valence-electron chi connectivity index (χ0n) is 12.7. The molecule has 0 unspecified atom stereocenters. The molecule has 5 heteroatoms. The Morgan fingerprint density at radius 2 is 2.10 bits per heavy atom. The first kappa shape index (κ1) is 16.7. The molecule has 20 heavy (non-hydrogen) atoms. The number of hydrogen-bond acceptors (Lipinski definition) is 4. The molecule has 0 fully saturated rings. The van der Waals surface area contributed by atoms with Gasteiger partial charge in [-0.25, -0.2) is 0 Å². The quantitative estimate of drug-likeness (QED) is 0.663. The fourth-order valence-electron chi connectivity index (χ4n) is 1.97. The van der Waals surface area contributed by atoms with Gasteiger partial charge < -0.3 is 19.4 Å². The van der Waals surface area contributed by atoms with Crippen LogP contribution >= 0.6 is 0 Å². The molecule has 112 valence electrons. The first-order valence-electron chi connectivity index (χ1n) is 7.03. The van der Waals surface area contributed by atoms with E-state index in [0.29, 0.717) is 18.9 Å². The highest BCUT2D eigenvalue weighted by molar-refractivity contribution is 5.33. The number of aromatic nitrogens is 1. The first-order chi connectivity index (χ1) is 9.70. The fourth-order valence-corrected chi connectivity index (χ4v) is 1.97. The Balaban J connectivity index is 2.11. The van der Waals surface area contributed by atoms with Crippen LogP contribution in [0.4, 0.5) is 0 Å². The molecule has 1 heterocycles. The number of hydrogen-bond donors (Lipinski definition) is 1. The summed E-state index contributed by atoms with van der Waals surface area (Å²) in [5.41, 5.74) is 3.06. The van der Waals surface area contributed by atoms with Gasteiger partial charge in [-0.3, -0.25) is 0 Å². The summed E-state index contributed by atoms with van der Waals surface area (Å²) in [5.74, 6) is 0. The number of nitrogens with zero attached hydrogens (tertiary/aromatic N) is 2. The van der Waals surface area contributed by atoms with Gasteiger partial charge in [0.1, 0.15) is 11.8 Å². The van der Waals surface area contributed by atoms with E-state index < -0.39 is 0 Å². The Labute approximate surface area is 121 Å². The van der Waals surface area contributed by atoms with Crippen molar-refractivity contribution in [2.75, 3.05) is 33.5 Å². The van der Waals surface area contributed by atoms with Crippen LogP contribution in [0.2, 0.25) is 0 Å². The average Bonchev–Trinajstić information content (AvgIpc) is 2.73. The maximum absolute atomic E-state index is 8.97. The molecule has 1 aromatic rings. The van der Waals surface area contributed by atoms with Gasteiger partial charge in [-0.05, 0) is 37.9 Å². The van der Waals surface area contributed by atoms with Crippen molar-refractivity contribution >= 4 is 0 Å². The van der Waals surface area contributed by atoms with E-state index in [1.165, 1.54) is 5.56 Å². The van der Waals surface area contributed by atoms with Crippen molar-refractivity contribution in [2.24, 2.45) is 7.05 Å². The smallest absolute Gasteiger partial charge is 0.120 e. The maximum atomic E-state index is 8.97. The van der Waals surface area contributed by atoms with Crippen LogP contribution < -0.4 is 5.32 Å². The molecule has 1 aromatic heterocycles. The predicted octanol–water partition coefficient (Wildman–Crippen LogP) is 1.74. The second-order valence-corrected chi connectivity index (χ2v) is 4.80. The van der Waals surface area contributed by atoms with Gasteiger partial charge in [0, 0.05) is 33.0 Å². The van der Waals surface area contributed by atoms with Gasteiger partial charge in [0.2, 0.25) is 0 Å². The van der Waals surface area contributed by atoms with Gasteiger partial charge in [0.05, 0.1) is 13.2 Å². The Hall–Kier alpha value is -1.35. The molecule has 0 atom stereocenters. The summed E-state index contributed by atoms with van der Waals surface area (Å²) >= 11 is 0. The second kappa shape index (κ2) is 9.54. The number of nitriles is 1. The highest BCUT2D eigenvalue weighted by atomic mass is 16.5. The third-order valence-electron chi connectivity index (χ3n) is 3.39. The van der Waals surface area contributed by atoms with E-state index >= 15 is 0 Å². The van der Waals surface area contributed by atoms with E-state index in [0.717, 1.165) is 38.2 Å². The average molecular weight is 279 g/mol. The second-order valence-electron chi connectivity index (χ2n) is 4.80. The van der Waals surface area contributed by atoms with Crippen LogP contribution in [-0.2, 0) is 23.1 Å². The van der Waals surface area contributed by atoms with Gasteiger partial charge in [0.25, 0.3) is 0 Å². The molecule has 0 saturated carbocycles. The first-order valence-corrected chi connectivity index (χ1v) is 7.03.